The Morgan fingerprint density at radius 2 is 2.05 bits per heavy atom. The molecular weight excluding hydrogens is 284 g/mol. The zero-order chi connectivity index (χ0) is 13.8. The van der Waals surface area contributed by atoms with E-state index in [1.54, 1.807) is 0 Å². The highest BCUT2D eigenvalue weighted by Gasteiger charge is 2.18. The van der Waals surface area contributed by atoms with Gasteiger partial charge in [0, 0.05) is 12.2 Å². The van der Waals surface area contributed by atoms with Gasteiger partial charge in [-0.15, -0.1) is 10.2 Å². The van der Waals surface area contributed by atoms with Gasteiger partial charge in [0.25, 0.3) is 0 Å². The van der Waals surface area contributed by atoms with Crippen LogP contribution in [0.25, 0.3) is 0 Å². The molecule has 2 amide bonds. The lowest BCUT2D eigenvalue weighted by molar-refractivity contribution is 0.257. The minimum Gasteiger partial charge on any atom is -0.307 e. The van der Waals surface area contributed by atoms with E-state index in [-0.39, 0.29) is 6.03 Å². The first-order valence-corrected chi connectivity index (χ1v) is 6.93. The molecule has 0 aliphatic carbocycles. The van der Waals surface area contributed by atoms with Crippen molar-refractivity contribution in [1.29, 1.82) is 0 Å². The number of hydrogen-bond acceptors (Lipinski definition) is 4. The average molecular weight is 297 g/mol. The molecule has 0 saturated heterocycles. The number of nitrogens with one attached hydrogen (secondary N) is 1. The Labute approximate surface area is 120 Å². The standard InChI is InChI=1S/C12H13ClN4OS/c1-3-17(12-16-15-10(13)19-12)11(18)14-9-6-4-8(2)5-7-9/h4-7H,3H2,1-2H3,(H,14,18). The number of amides is 2. The summed E-state index contributed by atoms with van der Waals surface area (Å²) in [6, 6.07) is 7.34. The summed E-state index contributed by atoms with van der Waals surface area (Å²) in [6.45, 7) is 4.35. The molecule has 0 aliphatic heterocycles. The second kappa shape index (κ2) is 5.99. The zero-order valence-corrected chi connectivity index (χ0v) is 12.1. The van der Waals surface area contributed by atoms with Crippen molar-refractivity contribution in [3.05, 3.63) is 34.3 Å². The molecule has 0 bridgehead atoms. The van der Waals surface area contributed by atoms with Crippen LogP contribution in [0.3, 0.4) is 0 Å². The molecule has 0 fully saturated rings. The molecule has 0 aliphatic rings. The minimum absolute atomic E-state index is 0.251. The number of halogens is 1. The number of urea groups is 1. The van der Waals surface area contributed by atoms with Crippen molar-refractivity contribution in [3.8, 4) is 0 Å². The fourth-order valence-electron chi connectivity index (χ4n) is 1.50. The van der Waals surface area contributed by atoms with E-state index in [1.165, 1.54) is 16.2 Å². The van der Waals surface area contributed by atoms with E-state index in [4.69, 9.17) is 11.6 Å². The molecule has 100 valence electrons. The largest absolute Gasteiger partial charge is 0.328 e. The number of rotatable bonds is 3. The van der Waals surface area contributed by atoms with E-state index in [9.17, 15) is 4.79 Å². The van der Waals surface area contributed by atoms with Crippen LogP contribution in [0, 0.1) is 6.92 Å². The molecule has 0 atom stereocenters. The summed E-state index contributed by atoms with van der Waals surface area (Å²) in [6.07, 6.45) is 0. The third kappa shape index (κ3) is 3.42. The van der Waals surface area contributed by atoms with Crippen molar-refractivity contribution < 1.29 is 4.79 Å². The highest BCUT2D eigenvalue weighted by molar-refractivity contribution is 7.19. The molecule has 1 aromatic heterocycles. The van der Waals surface area contributed by atoms with Gasteiger partial charge in [-0.25, -0.2) is 4.79 Å². The second-order valence-electron chi connectivity index (χ2n) is 3.88. The van der Waals surface area contributed by atoms with Crippen molar-refractivity contribution >= 4 is 39.8 Å². The summed E-state index contributed by atoms with van der Waals surface area (Å²) in [4.78, 5) is 13.6. The van der Waals surface area contributed by atoms with Crippen LogP contribution < -0.4 is 10.2 Å². The first-order valence-electron chi connectivity index (χ1n) is 5.74. The van der Waals surface area contributed by atoms with Crippen LogP contribution in [0.15, 0.2) is 24.3 Å². The topological polar surface area (TPSA) is 58.1 Å². The molecule has 1 aromatic carbocycles. The van der Waals surface area contributed by atoms with E-state index in [2.05, 4.69) is 15.5 Å². The Morgan fingerprint density at radius 1 is 1.37 bits per heavy atom. The number of nitrogens with zero attached hydrogens (tertiary/aromatic N) is 3. The first-order chi connectivity index (χ1) is 9.10. The maximum absolute atomic E-state index is 12.1. The summed E-state index contributed by atoms with van der Waals surface area (Å²) >= 11 is 6.90. The number of carbonyl (C=O) groups is 1. The molecule has 0 unspecified atom stereocenters. The van der Waals surface area contributed by atoms with Crippen molar-refractivity contribution in [2.45, 2.75) is 13.8 Å². The van der Waals surface area contributed by atoms with Gasteiger partial charge in [-0.3, -0.25) is 4.90 Å². The normalized spacial score (nSPS) is 10.3. The smallest absolute Gasteiger partial charge is 0.307 e. The molecule has 0 spiro atoms. The molecule has 2 rings (SSSR count). The molecule has 2 aromatic rings. The van der Waals surface area contributed by atoms with Gasteiger partial charge in [-0.1, -0.05) is 29.0 Å². The molecule has 5 nitrogen and oxygen atoms in total. The third-order valence-corrected chi connectivity index (χ3v) is 3.53. The third-order valence-electron chi connectivity index (χ3n) is 2.48. The number of aromatic nitrogens is 2. The Morgan fingerprint density at radius 3 is 2.58 bits per heavy atom. The van der Waals surface area contributed by atoms with Gasteiger partial charge >= 0.3 is 6.03 Å². The zero-order valence-electron chi connectivity index (χ0n) is 10.6. The van der Waals surface area contributed by atoms with E-state index in [0.29, 0.717) is 16.1 Å². The van der Waals surface area contributed by atoms with Crippen LogP contribution in [0.1, 0.15) is 12.5 Å². The van der Waals surface area contributed by atoms with Crippen LogP contribution in [0.2, 0.25) is 4.47 Å². The van der Waals surface area contributed by atoms with Gasteiger partial charge in [-0.05, 0) is 37.6 Å². The lowest BCUT2D eigenvalue weighted by Crippen LogP contribution is -2.34. The second-order valence-corrected chi connectivity index (χ2v) is 5.42. The summed E-state index contributed by atoms with van der Waals surface area (Å²) in [5.74, 6) is 0. The number of benzene rings is 1. The van der Waals surface area contributed by atoms with Crippen molar-refractivity contribution in [1.82, 2.24) is 10.2 Å². The summed E-state index contributed by atoms with van der Waals surface area (Å²) in [7, 11) is 0. The number of anilines is 2. The van der Waals surface area contributed by atoms with Gasteiger partial charge in [0.1, 0.15) is 0 Å². The van der Waals surface area contributed by atoms with Crippen LogP contribution in [0.5, 0.6) is 0 Å². The van der Waals surface area contributed by atoms with Gasteiger partial charge in [0.15, 0.2) is 0 Å². The fraction of sp³-hybridized carbons (Fsp3) is 0.250. The van der Waals surface area contributed by atoms with Crippen LogP contribution in [-0.4, -0.2) is 22.8 Å². The lowest BCUT2D eigenvalue weighted by atomic mass is 10.2. The predicted octanol–water partition coefficient (Wildman–Crippen LogP) is 3.56. The fourth-order valence-corrected chi connectivity index (χ4v) is 2.38. The molecule has 1 heterocycles. The highest BCUT2D eigenvalue weighted by Crippen LogP contribution is 2.24. The summed E-state index contributed by atoms with van der Waals surface area (Å²) in [5.41, 5.74) is 1.88. The highest BCUT2D eigenvalue weighted by atomic mass is 35.5. The lowest BCUT2D eigenvalue weighted by Gasteiger charge is -2.17. The monoisotopic (exact) mass is 296 g/mol. The van der Waals surface area contributed by atoms with Gasteiger partial charge in [0.05, 0.1) is 0 Å². The minimum atomic E-state index is -0.251. The van der Waals surface area contributed by atoms with Crippen molar-refractivity contribution in [2.24, 2.45) is 0 Å². The molecule has 1 N–H and O–H groups in total. The van der Waals surface area contributed by atoms with E-state index >= 15 is 0 Å². The van der Waals surface area contributed by atoms with Crippen molar-refractivity contribution in [2.75, 3.05) is 16.8 Å². The van der Waals surface area contributed by atoms with E-state index in [0.717, 1.165) is 11.3 Å². The van der Waals surface area contributed by atoms with E-state index < -0.39 is 0 Å². The maximum Gasteiger partial charge on any atom is 0.328 e. The Balaban J connectivity index is 2.11. The summed E-state index contributed by atoms with van der Waals surface area (Å²) < 4.78 is 0.316. The first kappa shape index (κ1) is 13.8. The summed E-state index contributed by atoms with van der Waals surface area (Å²) in [5, 5.41) is 10.9. The van der Waals surface area contributed by atoms with E-state index in [1.807, 2.05) is 38.1 Å². The number of aryl methyl sites for hydroxylation is 1. The number of hydrogen-bond donors (Lipinski definition) is 1. The van der Waals surface area contributed by atoms with Gasteiger partial charge < -0.3 is 5.32 Å². The molecule has 0 radical (unpaired) electrons. The van der Waals surface area contributed by atoms with Gasteiger partial charge in [0.2, 0.25) is 9.60 Å². The van der Waals surface area contributed by atoms with Crippen molar-refractivity contribution in [3.63, 3.8) is 0 Å². The maximum atomic E-state index is 12.1. The molecule has 7 heteroatoms. The van der Waals surface area contributed by atoms with Gasteiger partial charge in [-0.2, -0.15) is 0 Å². The predicted molar refractivity (Wildman–Crippen MR) is 78.1 cm³/mol. The average Bonchev–Trinajstić information content (AvgIpc) is 2.80. The Bertz CT molecular complexity index is 569. The molecule has 0 saturated carbocycles. The quantitative estimate of drug-likeness (QED) is 0.942. The Hall–Kier alpha value is -1.66. The van der Waals surface area contributed by atoms with Crippen LogP contribution in [0.4, 0.5) is 15.6 Å². The number of carbonyl (C=O) groups excluding carboxylic acids is 1. The van der Waals surface area contributed by atoms with Crippen LogP contribution >= 0.6 is 22.9 Å². The molecular formula is C12H13ClN4OS. The Kier molecular flexibility index (Phi) is 4.34. The molecule has 19 heavy (non-hydrogen) atoms. The van der Waals surface area contributed by atoms with Crippen LogP contribution in [-0.2, 0) is 0 Å². The SMILES string of the molecule is CCN(C(=O)Nc1ccc(C)cc1)c1nnc(Cl)s1.